The lowest BCUT2D eigenvalue weighted by molar-refractivity contribution is -0.274. The van der Waals surface area contributed by atoms with Crippen LogP contribution in [0.15, 0.2) is 47.4 Å². The number of sulfonamides is 1. The number of hydrogen-bond donors (Lipinski definition) is 0. The van der Waals surface area contributed by atoms with Crippen molar-refractivity contribution in [1.29, 1.82) is 0 Å². The van der Waals surface area contributed by atoms with Crippen LogP contribution in [0.5, 0.6) is 11.5 Å². The summed E-state index contributed by atoms with van der Waals surface area (Å²) in [6.45, 7) is 4.13. The number of alkyl halides is 3. The van der Waals surface area contributed by atoms with Gasteiger partial charge in [-0.1, -0.05) is 19.1 Å². The number of halogens is 3. The zero-order valence-electron chi connectivity index (χ0n) is 20.7. The van der Waals surface area contributed by atoms with Gasteiger partial charge in [-0.25, -0.2) is 8.42 Å². The van der Waals surface area contributed by atoms with Crippen LogP contribution in [0.1, 0.15) is 30.1 Å². The molecule has 2 aromatic carbocycles. The van der Waals surface area contributed by atoms with Crippen LogP contribution in [-0.4, -0.2) is 76.3 Å². The molecule has 37 heavy (non-hydrogen) atoms. The van der Waals surface area contributed by atoms with E-state index in [0.717, 1.165) is 18.9 Å². The van der Waals surface area contributed by atoms with Crippen LogP contribution in [0.3, 0.4) is 0 Å². The number of amides is 1. The quantitative estimate of drug-likeness (QED) is 0.551. The topological polar surface area (TPSA) is 79.4 Å². The largest absolute Gasteiger partial charge is 0.573 e. The van der Waals surface area contributed by atoms with Crippen LogP contribution in [0.25, 0.3) is 0 Å². The maximum Gasteiger partial charge on any atom is 0.573 e. The molecule has 0 aliphatic carbocycles. The molecule has 2 fully saturated rings. The molecule has 8 nitrogen and oxygen atoms in total. The fourth-order valence-electron chi connectivity index (χ4n) is 4.77. The Kier molecular flexibility index (Phi) is 7.88. The Morgan fingerprint density at radius 2 is 1.70 bits per heavy atom. The number of para-hydroxylation sites is 1. The Balaban J connectivity index is 1.51. The van der Waals surface area contributed by atoms with Crippen LogP contribution in [0.2, 0.25) is 0 Å². The predicted octanol–water partition coefficient (Wildman–Crippen LogP) is 3.98. The third-order valence-electron chi connectivity index (χ3n) is 6.66. The van der Waals surface area contributed by atoms with Crippen LogP contribution < -0.4 is 14.4 Å². The second-order valence-corrected chi connectivity index (χ2v) is 11.2. The van der Waals surface area contributed by atoms with Crippen LogP contribution in [0, 0.1) is 5.92 Å². The molecule has 1 atom stereocenters. The number of carbonyl (C=O) groups is 1. The van der Waals surface area contributed by atoms with Crippen LogP contribution in [0.4, 0.5) is 18.9 Å². The molecule has 0 N–H and O–H groups in total. The van der Waals surface area contributed by atoms with E-state index in [2.05, 4.69) is 4.74 Å². The van der Waals surface area contributed by atoms with E-state index in [-0.39, 0.29) is 23.5 Å². The Morgan fingerprint density at radius 3 is 2.35 bits per heavy atom. The fraction of sp³-hybridized carbons (Fsp3) is 0.480. The van der Waals surface area contributed by atoms with E-state index >= 15 is 0 Å². The molecule has 2 heterocycles. The van der Waals surface area contributed by atoms with Crippen molar-refractivity contribution in [2.45, 2.75) is 31.0 Å². The first-order valence-corrected chi connectivity index (χ1v) is 13.5. The highest BCUT2D eigenvalue weighted by Crippen LogP contribution is 2.34. The van der Waals surface area contributed by atoms with Gasteiger partial charge in [-0.2, -0.15) is 4.31 Å². The van der Waals surface area contributed by atoms with Crippen LogP contribution >= 0.6 is 0 Å². The number of benzene rings is 2. The molecule has 2 aliphatic heterocycles. The molecule has 202 valence electrons. The first kappa shape index (κ1) is 27.1. The summed E-state index contributed by atoms with van der Waals surface area (Å²) in [5.41, 5.74) is 0.413. The molecule has 0 saturated carbocycles. The molecule has 4 rings (SSSR count). The van der Waals surface area contributed by atoms with Crippen molar-refractivity contribution in [2.75, 3.05) is 51.3 Å². The lowest BCUT2D eigenvalue weighted by atomic mass is 10.0. The summed E-state index contributed by atoms with van der Waals surface area (Å²) in [5, 5.41) is 0. The molecule has 2 aromatic rings. The van der Waals surface area contributed by atoms with E-state index in [1.54, 1.807) is 12.1 Å². The van der Waals surface area contributed by atoms with Gasteiger partial charge in [-0.05, 0) is 49.1 Å². The van der Waals surface area contributed by atoms with Gasteiger partial charge in [0.1, 0.15) is 11.5 Å². The molecule has 0 spiro atoms. The molecule has 1 amide bonds. The summed E-state index contributed by atoms with van der Waals surface area (Å²) in [7, 11) is -2.18. The minimum Gasteiger partial charge on any atom is -0.495 e. The summed E-state index contributed by atoms with van der Waals surface area (Å²) < 4.78 is 76.0. The second-order valence-electron chi connectivity index (χ2n) is 9.27. The Morgan fingerprint density at radius 1 is 1.00 bits per heavy atom. The molecule has 0 radical (unpaired) electrons. The van der Waals surface area contributed by atoms with Gasteiger partial charge < -0.3 is 19.3 Å². The van der Waals surface area contributed by atoms with Gasteiger partial charge in [0.25, 0.3) is 5.91 Å². The van der Waals surface area contributed by atoms with Gasteiger partial charge in [-0.3, -0.25) is 4.79 Å². The van der Waals surface area contributed by atoms with Gasteiger partial charge in [0.05, 0.1) is 23.3 Å². The van der Waals surface area contributed by atoms with Crippen molar-refractivity contribution in [3.05, 3.63) is 48.0 Å². The number of piperazine rings is 1. The molecule has 12 heteroatoms. The zero-order chi connectivity index (χ0) is 26.8. The first-order chi connectivity index (χ1) is 17.5. The predicted molar refractivity (Wildman–Crippen MR) is 131 cm³/mol. The maximum absolute atomic E-state index is 13.3. The summed E-state index contributed by atoms with van der Waals surface area (Å²) in [5.74, 6) is -0.329. The summed E-state index contributed by atoms with van der Waals surface area (Å²) in [6.07, 6.45) is -3.10. The van der Waals surface area contributed by atoms with Gasteiger partial charge in [0.15, 0.2) is 0 Å². The molecule has 2 aliphatic rings. The highest BCUT2D eigenvalue weighted by molar-refractivity contribution is 7.89. The van der Waals surface area contributed by atoms with Crippen molar-refractivity contribution < 1.29 is 35.9 Å². The number of nitrogens with zero attached hydrogens (tertiary/aromatic N) is 3. The average molecular weight is 542 g/mol. The average Bonchev–Trinajstić information content (AvgIpc) is 2.87. The lowest BCUT2D eigenvalue weighted by Crippen LogP contribution is -2.49. The number of carbonyl (C=O) groups excluding carboxylic acids is 1. The number of piperidine rings is 1. The van der Waals surface area contributed by atoms with E-state index in [1.165, 1.54) is 40.6 Å². The van der Waals surface area contributed by atoms with Gasteiger partial charge in [0.2, 0.25) is 10.0 Å². The third kappa shape index (κ3) is 6.12. The Labute approximate surface area is 214 Å². The van der Waals surface area contributed by atoms with Crippen molar-refractivity contribution in [1.82, 2.24) is 9.21 Å². The van der Waals surface area contributed by atoms with E-state index in [1.807, 2.05) is 11.8 Å². The third-order valence-corrected chi connectivity index (χ3v) is 8.52. The lowest BCUT2D eigenvalue weighted by Gasteiger charge is -2.37. The number of ether oxygens (including phenoxy) is 2. The second kappa shape index (κ2) is 10.8. The van der Waals surface area contributed by atoms with Crippen molar-refractivity contribution in [2.24, 2.45) is 5.92 Å². The molecule has 0 bridgehead atoms. The van der Waals surface area contributed by atoms with Crippen LogP contribution in [-0.2, 0) is 10.0 Å². The highest BCUT2D eigenvalue weighted by atomic mass is 32.2. The minimum absolute atomic E-state index is 0.172. The smallest absolute Gasteiger partial charge is 0.495 e. The number of methoxy groups -OCH3 is 1. The molecular formula is C25H30F3N3O5S. The Hall–Kier alpha value is -2.99. The van der Waals surface area contributed by atoms with E-state index in [9.17, 15) is 26.4 Å². The monoisotopic (exact) mass is 541 g/mol. The molecule has 0 aromatic heterocycles. The first-order valence-electron chi connectivity index (χ1n) is 12.1. The summed E-state index contributed by atoms with van der Waals surface area (Å²) in [4.78, 5) is 16.6. The van der Waals surface area contributed by atoms with Crippen molar-refractivity contribution in [3.63, 3.8) is 0 Å². The van der Waals surface area contributed by atoms with E-state index in [4.69, 9.17) is 4.74 Å². The molecule has 2 saturated heterocycles. The Bertz CT molecular complexity index is 1230. The normalized spacial score (nSPS) is 19.5. The summed E-state index contributed by atoms with van der Waals surface area (Å²) in [6, 6.07) is 10.0. The maximum atomic E-state index is 13.3. The minimum atomic E-state index is -4.91. The standard InChI is InChI=1S/C25H30F3N3O5S/c1-18-6-5-11-31(17-18)37(33,34)19-9-10-23(35-2)21(16-19)29-12-14-30(15-13-29)24(32)20-7-3-4-8-22(20)36-25(26,27)28/h3-4,7-10,16,18H,5-6,11-15,17H2,1-2H3/t18-/m0/s1. The van der Waals surface area contributed by atoms with E-state index in [0.29, 0.717) is 43.5 Å². The SMILES string of the molecule is COc1ccc(S(=O)(=O)N2CCC[C@H](C)C2)cc1N1CCN(C(=O)c2ccccc2OC(F)(F)F)CC1. The fourth-order valence-corrected chi connectivity index (χ4v) is 6.39. The van der Waals surface area contributed by atoms with Gasteiger partial charge >= 0.3 is 6.36 Å². The van der Waals surface area contributed by atoms with E-state index < -0.39 is 28.0 Å². The summed E-state index contributed by atoms with van der Waals surface area (Å²) >= 11 is 0. The number of rotatable bonds is 6. The molecular weight excluding hydrogens is 511 g/mol. The number of hydrogen-bond acceptors (Lipinski definition) is 6. The highest BCUT2D eigenvalue weighted by Gasteiger charge is 2.34. The van der Waals surface area contributed by atoms with Crippen molar-refractivity contribution >= 4 is 21.6 Å². The molecule has 0 unspecified atom stereocenters. The van der Waals surface area contributed by atoms with Gasteiger partial charge in [0, 0.05) is 39.3 Å². The number of anilines is 1. The zero-order valence-corrected chi connectivity index (χ0v) is 21.5. The van der Waals surface area contributed by atoms with Gasteiger partial charge in [-0.15, -0.1) is 13.2 Å². The van der Waals surface area contributed by atoms with Crippen molar-refractivity contribution in [3.8, 4) is 11.5 Å².